The van der Waals surface area contributed by atoms with Crippen LogP contribution in [0.4, 0.5) is 11.4 Å². The van der Waals surface area contributed by atoms with E-state index in [9.17, 15) is 14.4 Å². The van der Waals surface area contributed by atoms with E-state index in [1.807, 2.05) is 6.07 Å². The molecule has 1 aliphatic heterocycles. The maximum atomic E-state index is 12.6. The molecular weight excluding hydrogens is 360 g/mol. The zero-order chi connectivity index (χ0) is 20.1. The van der Waals surface area contributed by atoms with Gasteiger partial charge in [-0.3, -0.25) is 14.6 Å². The number of pyridine rings is 1. The van der Waals surface area contributed by atoms with Gasteiger partial charge in [-0.05, 0) is 30.3 Å². The van der Waals surface area contributed by atoms with Crippen molar-refractivity contribution in [1.82, 2.24) is 9.88 Å². The van der Waals surface area contributed by atoms with Gasteiger partial charge in [0.25, 0.3) is 5.91 Å². The molecule has 0 saturated carbocycles. The molecule has 146 valence electrons. The van der Waals surface area contributed by atoms with Crippen LogP contribution in [0.1, 0.15) is 27.8 Å². The molecule has 0 atom stereocenters. The Morgan fingerprint density at radius 3 is 2.50 bits per heavy atom. The molecule has 1 aromatic carbocycles. The summed E-state index contributed by atoms with van der Waals surface area (Å²) >= 11 is 0. The summed E-state index contributed by atoms with van der Waals surface area (Å²) in [6.07, 6.45) is 1.59. The van der Waals surface area contributed by atoms with Crippen LogP contribution in [0.3, 0.4) is 0 Å². The molecule has 0 bridgehead atoms. The van der Waals surface area contributed by atoms with Crippen molar-refractivity contribution in [3.05, 3.63) is 53.9 Å². The Bertz CT molecular complexity index is 891. The highest BCUT2D eigenvalue weighted by atomic mass is 16.5. The third-order valence-corrected chi connectivity index (χ3v) is 4.61. The SMILES string of the molecule is COC(=O)c1cccc(NC(=O)c2cc(N3CCN(C(C)=O)CC3)ccn2)c1. The number of benzene rings is 1. The summed E-state index contributed by atoms with van der Waals surface area (Å²) in [5.41, 5.74) is 1.99. The fourth-order valence-electron chi connectivity index (χ4n) is 3.06. The molecular formula is C20H22N4O4. The molecule has 2 aromatic rings. The minimum absolute atomic E-state index is 0.0728. The summed E-state index contributed by atoms with van der Waals surface area (Å²) in [4.78, 5) is 43.7. The first-order chi connectivity index (χ1) is 13.5. The molecule has 1 aliphatic rings. The number of ether oxygens (including phenoxy) is 1. The number of methoxy groups -OCH3 is 1. The third kappa shape index (κ3) is 4.46. The Kier molecular flexibility index (Phi) is 5.88. The number of hydrogen-bond acceptors (Lipinski definition) is 6. The Hall–Kier alpha value is -3.42. The van der Waals surface area contributed by atoms with Crippen molar-refractivity contribution in [2.24, 2.45) is 0 Å². The van der Waals surface area contributed by atoms with Crippen LogP contribution in [0, 0.1) is 0 Å². The van der Waals surface area contributed by atoms with E-state index in [1.165, 1.54) is 7.11 Å². The number of piperazine rings is 1. The van der Waals surface area contributed by atoms with E-state index >= 15 is 0 Å². The van der Waals surface area contributed by atoms with Crippen LogP contribution in [0.25, 0.3) is 0 Å². The van der Waals surface area contributed by atoms with Gasteiger partial charge in [-0.1, -0.05) is 6.07 Å². The molecule has 28 heavy (non-hydrogen) atoms. The summed E-state index contributed by atoms with van der Waals surface area (Å²) in [7, 11) is 1.30. The predicted octanol–water partition coefficient (Wildman–Crippen LogP) is 1.79. The highest BCUT2D eigenvalue weighted by Gasteiger charge is 2.20. The van der Waals surface area contributed by atoms with Crippen molar-refractivity contribution in [3.8, 4) is 0 Å². The fourth-order valence-corrected chi connectivity index (χ4v) is 3.06. The fraction of sp³-hybridized carbons (Fsp3) is 0.300. The highest BCUT2D eigenvalue weighted by Crippen LogP contribution is 2.18. The minimum Gasteiger partial charge on any atom is -0.465 e. The van der Waals surface area contributed by atoms with Crippen LogP contribution < -0.4 is 10.2 Å². The summed E-state index contributed by atoms with van der Waals surface area (Å²) in [5.74, 6) is -0.768. The summed E-state index contributed by atoms with van der Waals surface area (Å²) in [5, 5.41) is 2.75. The second-order valence-corrected chi connectivity index (χ2v) is 6.42. The van der Waals surface area contributed by atoms with Crippen molar-refractivity contribution < 1.29 is 19.1 Å². The van der Waals surface area contributed by atoms with E-state index in [4.69, 9.17) is 4.74 Å². The Morgan fingerprint density at radius 1 is 1.07 bits per heavy atom. The first-order valence-corrected chi connectivity index (χ1v) is 8.94. The molecule has 0 aliphatic carbocycles. The molecule has 3 rings (SSSR count). The van der Waals surface area contributed by atoms with Crippen LogP contribution in [0.5, 0.6) is 0 Å². The van der Waals surface area contributed by atoms with Gasteiger partial charge in [-0.15, -0.1) is 0 Å². The Labute approximate surface area is 163 Å². The summed E-state index contributed by atoms with van der Waals surface area (Å²) in [6.45, 7) is 4.27. The lowest BCUT2D eigenvalue weighted by Gasteiger charge is -2.35. The highest BCUT2D eigenvalue weighted by molar-refractivity contribution is 6.04. The molecule has 1 N–H and O–H groups in total. The predicted molar refractivity (Wildman–Crippen MR) is 104 cm³/mol. The van der Waals surface area contributed by atoms with E-state index in [-0.39, 0.29) is 17.5 Å². The number of nitrogens with one attached hydrogen (secondary N) is 1. The number of carbonyl (C=O) groups is 3. The van der Waals surface area contributed by atoms with Crippen molar-refractivity contribution >= 4 is 29.2 Å². The Balaban J connectivity index is 1.69. The normalized spacial score (nSPS) is 13.8. The summed E-state index contributed by atoms with van der Waals surface area (Å²) in [6, 6.07) is 10.1. The minimum atomic E-state index is -0.471. The molecule has 2 heterocycles. The van der Waals surface area contributed by atoms with Gasteiger partial charge in [-0.2, -0.15) is 0 Å². The molecule has 1 fully saturated rings. The first-order valence-electron chi connectivity index (χ1n) is 8.94. The number of anilines is 2. The zero-order valence-corrected chi connectivity index (χ0v) is 15.8. The molecule has 0 unspecified atom stereocenters. The van der Waals surface area contributed by atoms with Gasteiger partial charge in [-0.25, -0.2) is 4.79 Å². The lowest BCUT2D eigenvalue weighted by atomic mass is 10.2. The average molecular weight is 382 g/mol. The van der Waals surface area contributed by atoms with Gasteiger partial charge in [0.1, 0.15) is 5.69 Å². The molecule has 2 amide bonds. The number of rotatable bonds is 4. The number of hydrogen-bond donors (Lipinski definition) is 1. The molecule has 8 heteroatoms. The number of nitrogens with zero attached hydrogens (tertiary/aromatic N) is 3. The third-order valence-electron chi connectivity index (χ3n) is 4.61. The van der Waals surface area contributed by atoms with Gasteiger partial charge < -0.3 is 19.9 Å². The number of carbonyl (C=O) groups excluding carboxylic acids is 3. The molecule has 1 aromatic heterocycles. The first kappa shape index (κ1) is 19.3. The number of aromatic nitrogens is 1. The monoisotopic (exact) mass is 382 g/mol. The van der Waals surface area contributed by atoms with Crippen LogP contribution >= 0.6 is 0 Å². The molecule has 0 spiro atoms. The van der Waals surface area contributed by atoms with Crippen molar-refractivity contribution in [2.75, 3.05) is 43.5 Å². The van der Waals surface area contributed by atoms with E-state index < -0.39 is 5.97 Å². The smallest absolute Gasteiger partial charge is 0.337 e. The quantitative estimate of drug-likeness (QED) is 0.811. The van der Waals surface area contributed by atoms with Crippen molar-refractivity contribution in [2.45, 2.75) is 6.92 Å². The average Bonchev–Trinajstić information content (AvgIpc) is 2.73. The van der Waals surface area contributed by atoms with Gasteiger partial charge in [0.15, 0.2) is 0 Å². The van der Waals surface area contributed by atoms with Crippen LogP contribution in [-0.2, 0) is 9.53 Å². The second kappa shape index (κ2) is 8.51. The van der Waals surface area contributed by atoms with E-state index in [0.29, 0.717) is 37.4 Å². The van der Waals surface area contributed by atoms with Crippen LogP contribution in [-0.4, -0.2) is 61.0 Å². The van der Waals surface area contributed by atoms with Crippen LogP contribution in [0.15, 0.2) is 42.6 Å². The van der Waals surface area contributed by atoms with Gasteiger partial charge in [0, 0.05) is 50.7 Å². The van der Waals surface area contributed by atoms with Crippen LogP contribution in [0.2, 0.25) is 0 Å². The zero-order valence-electron chi connectivity index (χ0n) is 15.8. The molecule has 8 nitrogen and oxygen atoms in total. The number of esters is 1. The molecule has 1 saturated heterocycles. The second-order valence-electron chi connectivity index (χ2n) is 6.42. The standard InChI is InChI=1S/C20H22N4O4/c1-14(25)23-8-10-24(11-9-23)17-6-7-21-18(13-17)19(26)22-16-5-3-4-15(12-16)20(27)28-2/h3-7,12-13H,8-11H2,1-2H3,(H,22,26). The van der Waals surface area contributed by atoms with Crippen molar-refractivity contribution in [1.29, 1.82) is 0 Å². The summed E-state index contributed by atoms with van der Waals surface area (Å²) < 4.78 is 4.69. The maximum absolute atomic E-state index is 12.6. The van der Waals surface area contributed by atoms with Gasteiger partial charge >= 0.3 is 5.97 Å². The Morgan fingerprint density at radius 2 is 1.82 bits per heavy atom. The number of amides is 2. The topological polar surface area (TPSA) is 91.8 Å². The van der Waals surface area contributed by atoms with E-state index in [2.05, 4.69) is 15.2 Å². The maximum Gasteiger partial charge on any atom is 0.337 e. The van der Waals surface area contributed by atoms with Gasteiger partial charge in [0.05, 0.1) is 12.7 Å². The lowest BCUT2D eigenvalue weighted by Crippen LogP contribution is -2.48. The van der Waals surface area contributed by atoms with E-state index in [1.54, 1.807) is 48.4 Å². The largest absolute Gasteiger partial charge is 0.465 e. The molecule has 0 radical (unpaired) electrons. The van der Waals surface area contributed by atoms with E-state index in [0.717, 1.165) is 5.69 Å². The lowest BCUT2D eigenvalue weighted by molar-refractivity contribution is -0.129. The van der Waals surface area contributed by atoms with Gasteiger partial charge in [0.2, 0.25) is 5.91 Å². The van der Waals surface area contributed by atoms with Crippen molar-refractivity contribution in [3.63, 3.8) is 0 Å².